The Bertz CT molecular complexity index is 895. The minimum atomic E-state index is 0.228. The van der Waals surface area contributed by atoms with Crippen LogP contribution in [-0.2, 0) is 31.5 Å². The molecule has 1 aliphatic rings. The van der Waals surface area contributed by atoms with Gasteiger partial charge in [-0.1, -0.05) is 23.4 Å². The summed E-state index contributed by atoms with van der Waals surface area (Å²) in [5.74, 6) is 1.10. The third-order valence-electron chi connectivity index (χ3n) is 5.04. The van der Waals surface area contributed by atoms with E-state index in [0.717, 1.165) is 36.8 Å². The van der Waals surface area contributed by atoms with Crippen molar-refractivity contribution in [3.05, 3.63) is 71.3 Å². The van der Waals surface area contributed by atoms with Crippen LogP contribution < -0.4 is 4.74 Å². The Morgan fingerprint density at radius 1 is 1.14 bits per heavy atom. The summed E-state index contributed by atoms with van der Waals surface area (Å²) in [5, 5.41) is 8.61. The molecule has 7 heteroatoms. The molecule has 1 aromatic carbocycles. The Morgan fingerprint density at radius 3 is 2.75 bits per heavy atom. The van der Waals surface area contributed by atoms with E-state index in [2.05, 4.69) is 32.3 Å². The monoisotopic (exact) mass is 379 g/mol. The summed E-state index contributed by atoms with van der Waals surface area (Å²) in [6.07, 6.45) is 1.79. The molecule has 1 unspecified atom stereocenters. The van der Waals surface area contributed by atoms with Gasteiger partial charge in [0.05, 0.1) is 31.7 Å². The number of hydrogen-bond acceptors (Lipinski definition) is 6. The van der Waals surface area contributed by atoms with Crippen molar-refractivity contribution in [1.29, 1.82) is 0 Å². The van der Waals surface area contributed by atoms with Crippen LogP contribution in [0.2, 0.25) is 0 Å². The molecular formula is C21H25N5O2. The summed E-state index contributed by atoms with van der Waals surface area (Å²) in [6, 6.07) is 14.1. The molecule has 7 nitrogen and oxygen atoms in total. The predicted molar refractivity (Wildman–Crippen MR) is 105 cm³/mol. The van der Waals surface area contributed by atoms with Gasteiger partial charge in [-0.2, -0.15) is 0 Å². The highest BCUT2D eigenvalue weighted by molar-refractivity contribution is 5.27. The van der Waals surface area contributed by atoms with Gasteiger partial charge in [-0.25, -0.2) is 0 Å². The molecule has 0 saturated heterocycles. The number of rotatable bonds is 7. The maximum atomic E-state index is 5.99. The second-order valence-corrected chi connectivity index (χ2v) is 7.10. The number of pyridine rings is 1. The molecule has 1 aliphatic heterocycles. The molecule has 2 aromatic heterocycles. The van der Waals surface area contributed by atoms with Crippen molar-refractivity contribution in [1.82, 2.24) is 24.9 Å². The lowest BCUT2D eigenvalue weighted by atomic mass is 9.98. The lowest BCUT2D eigenvalue weighted by Gasteiger charge is -2.32. The van der Waals surface area contributed by atoms with Crippen molar-refractivity contribution in [2.45, 2.75) is 25.6 Å². The molecule has 0 bridgehead atoms. The topological polar surface area (TPSA) is 65.3 Å². The van der Waals surface area contributed by atoms with Crippen molar-refractivity contribution in [3.8, 4) is 5.75 Å². The molecule has 0 amide bonds. The van der Waals surface area contributed by atoms with Crippen LogP contribution in [-0.4, -0.2) is 45.1 Å². The van der Waals surface area contributed by atoms with Gasteiger partial charge in [0, 0.05) is 38.8 Å². The molecule has 0 aliphatic carbocycles. The first-order valence-corrected chi connectivity index (χ1v) is 9.44. The fraction of sp³-hybridized carbons (Fsp3) is 0.381. The standard InChI is InChI=1S/C21H25N5O2/c1-25-21-17(14-28-15-18-5-3-4-10-22-18)12-26(13-20(21)23-24-25)11-16-6-8-19(27-2)9-7-16/h3-10,17H,11-15H2,1-2H3. The van der Waals surface area contributed by atoms with Crippen molar-refractivity contribution < 1.29 is 9.47 Å². The molecule has 0 N–H and O–H groups in total. The second-order valence-electron chi connectivity index (χ2n) is 7.10. The molecular weight excluding hydrogens is 354 g/mol. The first-order chi connectivity index (χ1) is 13.7. The van der Waals surface area contributed by atoms with Crippen molar-refractivity contribution in [3.63, 3.8) is 0 Å². The van der Waals surface area contributed by atoms with Gasteiger partial charge in [-0.3, -0.25) is 14.6 Å². The number of hydrogen-bond donors (Lipinski definition) is 0. The molecule has 0 saturated carbocycles. The fourth-order valence-electron chi connectivity index (χ4n) is 3.72. The van der Waals surface area contributed by atoms with Crippen LogP contribution in [0.1, 0.15) is 28.6 Å². The van der Waals surface area contributed by atoms with Crippen LogP contribution in [0.5, 0.6) is 5.75 Å². The van der Waals surface area contributed by atoms with E-state index in [1.165, 1.54) is 11.3 Å². The third kappa shape index (κ3) is 4.21. The van der Waals surface area contributed by atoms with Crippen LogP contribution in [0, 0.1) is 0 Å². The number of ether oxygens (including phenoxy) is 2. The maximum absolute atomic E-state index is 5.99. The largest absolute Gasteiger partial charge is 0.497 e. The Labute approximate surface area is 164 Å². The van der Waals surface area contributed by atoms with Crippen LogP contribution in [0.25, 0.3) is 0 Å². The molecule has 3 heterocycles. The van der Waals surface area contributed by atoms with Gasteiger partial charge in [0.15, 0.2) is 0 Å². The first kappa shape index (κ1) is 18.6. The summed E-state index contributed by atoms with van der Waals surface area (Å²) >= 11 is 0. The van der Waals surface area contributed by atoms with Crippen LogP contribution in [0.4, 0.5) is 0 Å². The molecule has 0 radical (unpaired) electrons. The highest BCUT2D eigenvalue weighted by Gasteiger charge is 2.30. The summed E-state index contributed by atoms with van der Waals surface area (Å²) in [7, 11) is 3.64. The Kier molecular flexibility index (Phi) is 5.64. The number of benzene rings is 1. The van der Waals surface area contributed by atoms with Gasteiger partial charge in [0.25, 0.3) is 0 Å². The van der Waals surface area contributed by atoms with E-state index in [1.807, 2.05) is 42.1 Å². The summed E-state index contributed by atoms with van der Waals surface area (Å²) < 4.78 is 13.1. The van der Waals surface area contributed by atoms with Crippen LogP contribution in [0.3, 0.4) is 0 Å². The van der Waals surface area contributed by atoms with Crippen molar-refractivity contribution in [2.24, 2.45) is 7.05 Å². The van der Waals surface area contributed by atoms with E-state index >= 15 is 0 Å². The Balaban J connectivity index is 1.43. The smallest absolute Gasteiger partial charge is 0.118 e. The molecule has 146 valence electrons. The van der Waals surface area contributed by atoms with E-state index in [0.29, 0.717) is 13.2 Å². The van der Waals surface area contributed by atoms with Crippen LogP contribution >= 0.6 is 0 Å². The van der Waals surface area contributed by atoms with Gasteiger partial charge >= 0.3 is 0 Å². The highest BCUT2D eigenvalue weighted by Crippen LogP contribution is 2.28. The van der Waals surface area contributed by atoms with Gasteiger partial charge in [0.2, 0.25) is 0 Å². The number of nitrogens with zero attached hydrogens (tertiary/aromatic N) is 5. The number of aromatic nitrogens is 4. The van der Waals surface area contributed by atoms with E-state index in [9.17, 15) is 0 Å². The second kappa shape index (κ2) is 8.50. The average molecular weight is 379 g/mol. The molecule has 0 fully saturated rings. The summed E-state index contributed by atoms with van der Waals surface area (Å²) in [5.41, 5.74) is 4.40. The number of methoxy groups -OCH3 is 1. The van der Waals surface area contributed by atoms with Gasteiger partial charge in [-0.15, -0.1) is 5.10 Å². The lowest BCUT2D eigenvalue weighted by Crippen LogP contribution is -2.36. The normalized spacial score (nSPS) is 16.7. The number of fused-ring (bicyclic) bond motifs is 1. The Morgan fingerprint density at radius 2 is 2.00 bits per heavy atom. The Hall–Kier alpha value is -2.77. The quantitative estimate of drug-likeness (QED) is 0.629. The maximum Gasteiger partial charge on any atom is 0.118 e. The minimum absolute atomic E-state index is 0.228. The summed E-state index contributed by atoms with van der Waals surface area (Å²) in [6.45, 7) is 3.69. The summed E-state index contributed by atoms with van der Waals surface area (Å²) in [4.78, 5) is 6.72. The fourth-order valence-corrected chi connectivity index (χ4v) is 3.72. The van der Waals surface area contributed by atoms with Gasteiger partial charge in [0.1, 0.15) is 11.4 Å². The van der Waals surface area contributed by atoms with E-state index in [1.54, 1.807) is 13.3 Å². The third-order valence-corrected chi connectivity index (χ3v) is 5.04. The molecule has 3 aromatic rings. The molecule has 0 spiro atoms. The average Bonchev–Trinajstić information content (AvgIpc) is 3.10. The van der Waals surface area contributed by atoms with Gasteiger partial charge < -0.3 is 9.47 Å². The van der Waals surface area contributed by atoms with E-state index in [-0.39, 0.29) is 5.92 Å². The van der Waals surface area contributed by atoms with E-state index < -0.39 is 0 Å². The zero-order valence-corrected chi connectivity index (χ0v) is 16.3. The lowest BCUT2D eigenvalue weighted by molar-refractivity contribution is 0.0812. The minimum Gasteiger partial charge on any atom is -0.497 e. The number of aryl methyl sites for hydroxylation is 1. The molecule has 4 rings (SSSR count). The van der Waals surface area contributed by atoms with Crippen molar-refractivity contribution >= 4 is 0 Å². The molecule has 28 heavy (non-hydrogen) atoms. The zero-order chi connectivity index (χ0) is 19.3. The molecule has 1 atom stereocenters. The zero-order valence-electron chi connectivity index (χ0n) is 16.3. The SMILES string of the molecule is COc1ccc(CN2Cc3nnn(C)c3C(COCc3ccccn3)C2)cc1. The predicted octanol–water partition coefficient (Wildman–Crippen LogP) is 2.53. The van der Waals surface area contributed by atoms with Gasteiger partial charge in [-0.05, 0) is 29.8 Å². The van der Waals surface area contributed by atoms with E-state index in [4.69, 9.17) is 9.47 Å². The van der Waals surface area contributed by atoms with Crippen molar-refractivity contribution in [2.75, 3.05) is 20.3 Å². The van der Waals surface area contributed by atoms with Crippen LogP contribution in [0.15, 0.2) is 48.7 Å². The highest BCUT2D eigenvalue weighted by atomic mass is 16.5. The first-order valence-electron chi connectivity index (χ1n) is 9.44.